The van der Waals surface area contributed by atoms with E-state index in [-0.39, 0.29) is 17.8 Å². The third kappa shape index (κ3) is 4.55. The van der Waals surface area contributed by atoms with Crippen LogP contribution >= 0.6 is 11.6 Å². The summed E-state index contributed by atoms with van der Waals surface area (Å²) in [6.45, 7) is 2.39. The number of halogens is 2. The van der Waals surface area contributed by atoms with Crippen molar-refractivity contribution in [2.45, 2.75) is 19.5 Å². The zero-order valence-electron chi connectivity index (χ0n) is 12.5. The van der Waals surface area contributed by atoms with Crippen LogP contribution in [0.3, 0.4) is 0 Å². The van der Waals surface area contributed by atoms with Gasteiger partial charge in [-0.05, 0) is 55.9 Å². The molecule has 0 aliphatic heterocycles. The summed E-state index contributed by atoms with van der Waals surface area (Å²) in [4.78, 5) is 14.1. The van der Waals surface area contributed by atoms with Gasteiger partial charge in [-0.25, -0.2) is 4.39 Å². The summed E-state index contributed by atoms with van der Waals surface area (Å²) in [5.74, 6) is -0.369. The Balaban J connectivity index is 1.94. The molecule has 0 aromatic heterocycles. The van der Waals surface area contributed by atoms with Crippen molar-refractivity contribution >= 4 is 23.2 Å². The van der Waals surface area contributed by atoms with E-state index in [0.717, 1.165) is 5.56 Å². The molecule has 0 heterocycles. The second kappa shape index (κ2) is 7.38. The lowest BCUT2D eigenvalue weighted by atomic mass is 10.2. The standard InChI is InChI=1S/C17H18ClFN2O/c1-12(17(22)20-16-9-5-14(18)6-10-16)21(2)11-13-3-7-15(19)8-4-13/h3-10,12H,11H2,1-2H3,(H,20,22). The number of rotatable bonds is 5. The maximum absolute atomic E-state index is 12.9. The molecule has 1 atom stereocenters. The lowest BCUT2D eigenvalue weighted by Gasteiger charge is -2.24. The zero-order chi connectivity index (χ0) is 16.1. The van der Waals surface area contributed by atoms with Crippen LogP contribution in [0.4, 0.5) is 10.1 Å². The van der Waals surface area contributed by atoms with Crippen LogP contribution in [0, 0.1) is 5.82 Å². The minimum atomic E-state index is -0.319. The number of nitrogens with zero attached hydrogens (tertiary/aromatic N) is 1. The first-order valence-electron chi connectivity index (χ1n) is 6.97. The summed E-state index contributed by atoms with van der Waals surface area (Å²) in [6.07, 6.45) is 0. The monoisotopic (exact) mass is 320 g/mol. The highest BCUT2D eigenvalue weighted by Crippen LogP contribution is 2.14. The molecule has 2 aromatic rings. The van der Waals surface area contributed by atoms with Crippen molar-refractivity contribution in [3.63, 3.8) is 0 Å². The summed E-state index contributed by atoms with van der Waals surface area (Å²) in [6, 6.07) is 12.9. The molecule has 0 radical (unpaired) electrons. The highest BCUT2D eigenvalue weighted by molar-refractivity contribution is 6.30. The van der Waals surface area contributed by atoms with E-state index >= 15 is 0 Å². The van der Waals surface area contributed by atoms with Gasteiger partial charge in [-0.1, -0.05) is 23.7 Å². The van der Waals surface area contributed by atoms with Gasteiger partial charge in [0, 0.05) is 17.3 Å². The molecule has 0 saturated heterocycles. The van der Waals surface area contributed by atoms with E-state index in [1.54, 1.807) is 36.4 Å². The second-order valence-electron chi connectivity index (χ2n) is 5.21. The predicted molar refractivity (Wildman–Crippen MR) is 87.4 cm³/mol. The Bertz CT molecular complexity index is 628. The smallest absolute Gasteiger partial charge is 0.241 e. The van der Waals surface area contributed by atoms with Crippen molar-refractivity contribution in [2.75, 3.05) is 12.4 Å². The number of hydrogen-bond donors (Lipinski definition) is 1. The Morgan fingerprint density at radius 1 is 1.18 bits per heavy atom. The Hall–Kier alpha value is -1.91. The van der Waals surface area contributed by atoms with Gasteiger partial charge in [0.2, 0.25) is 5.91 Å². The Kier molecular flexibility index (Phi) is 5.52. The topological polar surface area (TPSA) is 32.3 Å². The first-order valence-corrected chi connectivity index (χ1v) is 7.34. The highest BCUT2D eigenvalue weighted by Gasteiger charge is 2.18. The number of hydrogen-bond acceptors (Lipinski definition) is 2. The molecular formula is C17H18ClFN2O. The third-order valence-corrected chi connectivity index (χ3v) is 3.75. The number of carbonyl (C=O) groups excluding carboxylic acids is 1. The van der Waals surface area contributed by atoms with Gasteiger partial charge in [0.05, 0.1) is 6.04 Å². The normalized spacial score (nSPS) is 12.2. The van der Waals surface area contributed by atoms with Gasteiger partial charge in [0.1, 0.15) is 5.82 Å². The quantitative estimate of drug-likeness (QED) is 0.905. The number of anilines is 1. The number of carbonyl (C=O) groups is 1. The molecule has 0 spiro atoms. The largest absolute Gasteiger partial charge is 0.325 e. The molecule has 1 N–H and O–H groups in total. The summed E-state index contributed by atoms with van der Waals surface area (Å²) in [7, 11) is 1.86. The number of benzene rings is 2. The Labute approximate surface area is 134 Å². The molecule has 5 heteroatoms. The summed E-state index contributed by atoms with van der Waals surface area (Å²) in [5, 5.41) is 3.47. The Morgan fingerprint density at radius 3 is 2.36 bits per heavy atom. The average molecular weight is 321 g/mol. The average Bonchev–Trinajstić information content (AvgIpc) is 2.51. The fraction of sp³-hybridized carbons (Fsp3) is 0.235. The third-order valence-electron chi connectivity index (χ3n) is 3.50. The summed E-state index contributed by atoms with van der Waals surface area (Å²) >= 11 is 5.81. The van der Waals surface area contributed by atoms with Gasteiger partial charge < -0.3 is 5.32 Å². The van der Waals surface area contributed by atoms with E-state index < -0.39 is 0 Å². The molecule has 116 valence electrons. The van der Waals surface area contributed by atoms with Crippen molar-refractivity contribution in [1.29, 1.82) is 0 Å². The Morgan fingerprint density at radius 2 is 1.77 bits per heavy atom. The van der Waals surface area contributed by atoms with E-state index in [2.05, 4.69) is 5.32 Å². The molecule has 0 aliphatic carbocycles. The fourth-order valence-electron chi connectivity index (χ4n) is 1.99. The molecule has 0 aliphatic rings. The maximum Gasteiger partial charge on any atom is 0.241 e. The van der Waals surface area contributed by atoms with Crippen molar-refractivity contribution in [3.05, 3.63) is 64.9 Å². The molecule has 2 aromatic carbocycles. The molecular weight excluding hydrogens is 303 g/mol. The number of nitrogens with one attached hydrogen (secondary N) is 1. The van der Waals surface area contributed by atoms with E-state index in [4.69, 9.17) is 11.6 Å². The SMILES string of the molecule is CC(C(=O)Nc1ccc(Cl)cc1)N(C)Cc1ccc(F)cc1. The molecule has 0 bridgehead atoms. The maximum atomic E-state index is 12.9. The van der Waals surface area contributed by atoms with Crippen LogP contribution in [0.5, 0.6) is 0 Å². The van der Waals surface area contributed by atoms with E-state index in [1.165, 1.54) is 12.1 Å². The van der Waals surface area contributed by atoms with Gasteiger partial charge >= 0.3 is 0 Å². The van der Waals surface area contributed by atoms with Gasteiger partial charge in [-0.3, -0.25) is 9.69 Å². The minimum Gasteiger partial charge on any atom is -0.325 e. The first kappa shape index (κ1) is 16.5. The van der Waals surface area contributed by atoms with Crippen LogP contribution in [0.2, 0.25) is 5.02 Å². The van der Waals surface area contributed by atoms with Crippen molar-refractivity contribution in [3.8, 4) is 0 Å². The van der Waals surface area contributed by atoms with Crippen LogP contribution in [0.1, 0.15) is 12.5 Å². The van der Waals surface area contributed by atoms with E-state index in [0.29, 0.717) is 17.3 Å². The van der Waals surface area contributed by atoms with Gasteiger partial charge in [0.25, 0.3) is 0 Å². The van der Waals surface area contributed by atoms with Crippen molar-refractivity contribution in [1.82, 2.24) is 4.90 Å². The summed E-state index contributed by atoms with van der Waals surface area (Å²) < 4.78 is 12.9. The molecule has 2 rings (SSSR count). The number of amides is 1. The van der Waals surface area contributed by atoms with E-state index in [1.807, 2.05) is 18.9 Å². The van der Waals surface area contributed by atoms with Crippen LogP contribution in [-0.4, -0.2) is 23.9 Å². The van der Waals surface area contributed by atoms with Crippen LogP contribution < -0.4 is 5.32 Å². The molecule has 1 unspecified atom stereocenters. The number of likely N-dealkylation sites (N-methyl/N-ethyl adjacent to an activating group) is 1. The van der Waals surface area contributed by atoms with E-state index in [9.17, 15) is 9.18 Å². The molecule has 0 saturated carbocycles. The zero-order valence-corrected chi connectivity index (χ0v) is 13.3. The molecule has 0 fully saturated rings. The molecule has 1 amide bonds. The van der Waals surface area contributed by atoms with Gasteiger partial charge in [-0.15, -0.1) is 0 Å². The predicted octanol–water partition coefficient (Wildman–Crippen LogP) is 3.94. The lowest BCUT2D eigenvalue weighted by Crippen LogP contribution is -2.39. The molecule has 3 nitrogen and oxygen atoms in total. The van der Waals surface area contributed by atoms with Crippen molar-refractivity contribution < 1.29 is 9.18 Å². The minimum absolute atomic E-state index is 0.105. The summed E-state index contributed by atoms with van der Waals surface area (Å²) in [5.41, 5.74) is 1.66. The van der Waals surface area contributed by atoms with Crippen LogP contribution in [0.15, 0.2) is 48.5 Å². The van der Waals surface area contributed by atoms with Crippen LogP contribution in [0.25, 0.3) is 0 Å². The lowest BCUT2D eigenvalue weighted by molar-refractivity contribution is -0.120. The fourth-order valence-corrected chi connectivity index (χ4v) is 2.12. The van der Waals surface area contributed by atoms with Crippen molar-refractivity contribution in [2.24, 2.45) is 0 Å². The van der Waals surface area contributed by atoms with Crippen LogP contribution in [-0.2, 0) is 11.3 Å². The molecule has 22 heavy (non-hydrogen) atoms. The second-order valence-corrected chi connectivity index (χ2v) is 5.65. The highest BCUT2D eigenvalue weighted by atomic mass is 35.5. The van der Waals surface area contributed by atoms with Gasteiger partial charge in [0.15, 0.2) is 0 Å². The van der Waals surface area contributed by atoms with Gasteiger partial charge in [-0.2, -0.15) is 0 Å². The first-order chi connectivity index (χ1) is 10.5.